The van der Waals surface area contributed by atoms with Gasteiger partial charge in [-0.15, -0.1) is 0 Å². The Morgan fingerprint density at radius 3 is 1.53 bits per heavy atom. The highest BCUT2D eigenvalue weighted by atomic mass is 15.0. The summed E-state index contributed by atoms with van der Waals surface area (Å²) in [5.74, 6) is 0. The molecule has 164 valence electrons. The lowest BCUT2D eigenvalue weighted by atomic mass is 10.1. The van der Waals surface area contributed by atoms with Crippen molar-refractivity contribution in [2.24, 2.45) is 0 Å². The third-order valence-corrected chi connectivity index (χ3v) is 6.50. The third-order valence-electron chi connectivity index (χ3n) is 6.50. The van der Waals surface area contributed by atoms with Crippen LogP contribution in [-0.2, 0) is 0 Å². The number of para-hydroxylation sites is 4. The van der Waals surface area contributed by atoms with Gasteiger partial charge in [-0.25, -0.2) is 0 Å². The number of hydrogen-bond acceptors (Lipinski definition) is 0. The van der Waals surface area contributed by atoms with E-state index in [4.69, 9.17) is 0 Å². The van der Waals surface area contributed by atoms with Crippen molar-refractivity contribution in [2.45, 2.75) is 13.8 Å². The normalized spacial score (nSPS) is 11.2. The molecule has 2 aromatic heterocycles. The predicted octanol–water partition coefficient (Wildman–Crippen LogP) is 8.91. The topological polar surface area (TPSA) is 9.86 Å². The van der Waals surface area contributed by atoms with Crippen LogP contribution in [0.15, 0.2) is 121 Å². The van der Waals surface area contributed by atoms with Gasteiger partial charge in [0.2, 0.25) is 0 Å². The molecule has 0 saturated carbocycles. The number of aromatic nitrogens is 2. The van der Waals surface area contributed by atoms with Crippen molar-refractivity contribution in [3.05, 3.63) is 121 Å². The molecule has 7 aromatic rings. The number of fused-ring (bicyclic) bond motifs is 7. The second kappa shape index (κ2) is 8.24. The molecule has 0 aliphatic carbocycles. The van der Waals surface area contributed by atoms with E-state index in [0.717, 1.165) is 0 Å². The van der Waals surface area contributed by atoms with Gasteiger partial charge in [-0.1, -0.05) is 92.7 Å². The van der Waals surface area contributed by atoms with E-state index in [2.05, 4.69) is 130 Å². The number of benzene rings is 5. The fourth-order valence-corrected chi connectivity index (χ4v) is 5.21. The predicted molar refractivity (Wildman–Crippen MR) is 146 cm³/mol. The molecule has 2 nitrogen and oxygen atoms in total. The minimum Gasteiger partial charge on any atom is -0.309 e. The Hall–Kier alpha value is -4.30. The van der Waals surface area contributed by atoms with Crippen molar-refractivity contribution in [1.29, 1.82) is 0 Å². The lowest BCUT2D eigenvalue weighted by Crippen LogP contribution is -1.95. The molecule has 0 radical (unpaired) electrons. The van der Waals surface area contributed by atoms with Gasteiger partial charge >= 0.3 is 0 Å². The van der Waals surface area contributed by atoms with E-state index in [1.165, 1.54) is 55.0 Å². The van der Waals surface area contributed by atoms with Gasteiger partial charge in [-0.05, 0) is 42.5 Å². The highest BCUT2D eigenvalue weighted by Crippen LogP contribution is 2.41. The van der Waals surface area contributed by atoms with Crippen LogP contribution in [0.1, 0.15) is 13.8 Å². The monoisotopic (exact) mass is 438 g/mol. The third kappa shape index (κ3) is 2.89. The van der Waals surface area contributed by atoms with Gasteiger partial charge in [-0.2, -0.15) is 0 Å². The molecule has 0 saturated heterocycles. The van der Waals surface area contributed by atoms with E-state index in [9.17, 15) is 0 Å². The van der Waals surface area contributed by atoms with Crippen molar-refractivity contribution in [3.63, 3.8) is 0 Å². The summed E-state index contributed by atoms with van der Waals surface area (Å²) in [6.45, 7) is 4.00. The molecule has 0 fully saturated rings. The Morgan fingerprint density at radius 1 is 0.382 bits per heavy atom. The number of rotatable bonds is 2. The van der Waals surface area contributed by atoms with Gasteiger partial charge in [0, 0.05) is 32.9 Å². The highest BCUT2D eigenvalue weighted by Gasteiger charge is 2.20. The van der Waals surface area contributed by atoms with E-state index in [1.54, 1.807) is 0 Å². The lowest BCUT2D eigenvalue weighted by molar-refractivity contribution is 1.17. The van der Waals surface area contributed by atoms with Gasteiger partial charge in [0.05, 0.1) is 22.1 Å². The Morgan fingerprint density at radius 2 is 0.882 bits per heavy atom. The zero-order valence-electron chi connectivity index (χ0n) is 19.4. The average molecular weight is 439 g/mol. The molecule has 5 aromatic carbocycles. The Kier molecular flexibility index (Phi) is 4.92. The molecule has 0 spiro atoms. The van der Waals surface area contributed by atoms with E-state index < -0.39 is 0 Å². The van der Waals surface area contributed by atoms with Crippen molar-refractivity contribution >= 4 is 43.6 Å². The first-order valence-corrected chi connectivity index (χ1v) is 12.0. The van der Waals surface area contributed by atoms with Crippen molar-refractivity contribution < 1.29 is 0 Å². The molecule has 0 amide bonds. The molecule has 2 heteroatoms. The SMILES string of the molecule is CC.c1ccc(-n2c3ccccc3c3c2ccc2c4ccccc4n(-c4ccccc4)c23)cc1. The smallest absolute Gasteiger partial charge is 0.0641 e. The first-order chi connectivity index (χ1) is 16.9. The molecule has 0 aliphatic heterocycles. The van der Waals surface area contributed by atoms with Gasteiger partial charge in [0.1, 0.15) is 0 Å². The molecular formula is C32H26N2. The Labute approximate surface area is 199 Å². The zero-order chi connectivity index (χ0) is 23.1. The second-order valence-corrected chi connectivity index (χ2v) is 8.23. The maximum atomic E-state index is 2.43. The molecule has 0 N–H and O–H groups in total. The van der Waals surface area contributed by atoms with E-state index in [-0.39, 0.29) is 0 Å². The molecule has 0 unspecified atom stereocenters. The van der Waals surface area contributed by atoms with Gasteiger partial charge in [-0.3, -0.25) is 0 Å². The highest BCUT2D eigenvalue weighted by molar-refractivity contribution is 6.26. The van der Waals surface area contributed by atoms with Crippen molar-refractivity contribution in [1.82, 2.24) is 9.13 Å². The van der Waals surface area contributed by atoms with Crippen molar-refractivity contribution in [3.8, 4) is 11.4 Å². The first-order valence-electron chi connectivity index (χ1n) is 12.0. The molecule has 0 atom stereocenters. The Bertz CT molecular complexity index is 1750. The minimum atomic E-state index is 1.18. The summed E-state index contributed by atoms with van der Waals surface area (Å²) in [5, 5.41) is 5.14. The van der Waals surface area contributed by atoms with Crippen LogP contribution in [0.25, 0.3) is 55.0 Å². The van der Waals surface area contributed by atoms with Gasteiger partial charge in [0.25, 0.3) is 0 Å². The van der Waals surface area contributed by atoms with Crippen LogP contribution in [0.4, 0.5) is 0 Å². The van der Waals surface area contributed by atoms with Crippen LogP contribution >= 0.6 is 0 Å². The van der Waals surface area contributed by atoms with E-state index in [0.29, 0.717) is 0 Å². The Balaban J connectivity index is 0.00000106. The molecule has 7 rings (SSSR count). The molecule has 0 bridgehead atoms. The van der Waals surface area contributed by atoms with Gasteiger partial charge < -0.3 is 9.13 Å². The first kappa shape index (κ1) is 20.3. The number of hydrogen-bond donors (Lipinski definition) is 0. The maximum absolute atomic E-state index is 2.43. The van der Waals surface area contributed by atoms with Crippen LogP contribution < -0.4 is 0 Å². The number of nitrogens with zero attached hydrogens (tertiary/aromatic N) is 2. The minimum absolute atomic E-state index is 1.18. The summed E-state index contributed by atoms with van der Waals surface area (Å²) in [5.41, 5.74) is 7.32. The van der Waals surface area contributed by atoms with Crippen molar-refractivity contribution in [2.75, 3.05) is 0 Å². The van der Waals surface area contributed by atoms with Gasteiger partial charge in [0.15, 0.2) is 0 Å². The van der Waals surface area contributed by atoms with Crippen LogP contribution in [-0.4, -0.2) is 9.13 Å². The molecular weight excluding hydrogens is 412 g/mol. The summed E-state index contributed by atoms with van der Waals surface area (Å²) < 4.78 is 4.81. The largest absolute Gasteiger partial charge is 0.309 e. The fourth-order valence-electron chi connectivity index (χ4n) is 5.21. The lowest BCUT2D eigenvalue weighted by Gasteiger charge is -2.09. The van der Waals surface area contributed by atoms with Crippen LogP contribution in [0.2, 0.25) is 0 Å². The standard InChI is InChI=1S/C30H20N2.C2H6/c1-3-11-21(12-4-1)31-27-18-10-8-16-25(27)29-28(31)20-19-24-23-15-7-9-17-26(23)32(30(24)29)22-13-5-2-6-14-22;1-2/h1-20H;1-2H3. The maximum Gasteiger partial charge on any atom is 0.0641 e. The molecule has 2 heterocycles. The fraction of sp³-hybridized carbons (Fsp3) is 0.0625. The quantitative estimate of drug-likeness (QED) is 0.255. The van der Waals surface area contributed by atoms with E-state index in [1.807, 2.05) is 13.8 Å². The van der Waals surface area contributed by atoms with Crippen LogP contribution in [0, 0.1) is 0 Å². The summed E-state index contributed by atoms with van der Waals surface area (Å²) in [4.78, 5) is 0. The summed E-state index contributed by atoms with van der Waals surface area (Å²) >= 11 is 0. The average Bonchev–Trinajstić information content (AvgIpc) is 3.44. The molecule has 0 aliphatic rings. The van der Waals surface area contributed by atoms with E-state index >= 15 is 0 Å². The summed E-state index contributed by atoms with van der Waals surface area (Å²) in [6, 6.07) is 43.4. The summed E-state index contributed by atoms with van der Waals surface area (Å²) in [6.07, 6.45) is 0. The van der Waals surface area contributed by atoms with Crippen LogP contribution in [0.3, 0.4) is 0 Å². The zero-order valence-corrected chi connectivity index (χ0v) is 19.4. The van der Waals surface area contributed by atoms with Crippen LogP contribution in [0.5, 0.6) is 0 Å². The molecule has 34 heavy (non-hydrogen) atoms. The summed E-state index contributed by atoms with van der Waals surface area (Å²) in [7, 11) is 0. The second-order valence-electron chi connectivity index (χ2n) is 8.23.